The summed E-state index contributed by atoms with van der Waals surface area (Å²) < 4.78 is 37.2. The molecule has 0 aliphatic carbocycles. The van der Waals surface area contributed by atoms with Crippen molar-refractivity contribution in [3.8, 4) is 0 Å². The second-order valence-corrected chi connectivity index (χ2v) is 8.18. The van der Waals surface area contributed by atoms with E-state index in [2.05, 4.69) is 19.9 Å². The third kappa shape index (κ3) is 3.71. The molecule has 0 aromatic carbocycles. The quantitative estimate of drug-likeness (QED) is 0.814. The lowest BCUT2D eigenvalue weighted by Gasteiger charge is -2.41. The first-order valence-corrected chi connectivity index (χ1v) is 9.81. The van der Waals surface area contributed by atoms with Gasteiger partial charge in [-0.1, -0.05) is 0 Å². The zero-order valence-electron chi connectivity index (χ0n) is 14.3. The summed E-state index contributed by atoms with van der Waals surface area (Å²) in [5.74, 6) is 1.30. The molecule has 2 aromatic rings. The van der Waals surface area contributed by atoms with Gasteiger partial charge in [-0.15, -0.1) is 0 Å². The van der Waals surface area contributed by atoms with Gasteiger partial charge in [0.2, 0.25) is 0 Å². The third-order valence-electron chi connectivity index (χ3n) is 4.19. The molecule has 9 heteroatoms. The fraction of sp³-hybridized carbons (Fsp3) is 0.438. The minimum atomic E-state index is -3.42. The predicted molar refractivity (Wildman–Crippen MR) is 93.1 cm³/mol. The lowest BCUT2D eigenvalue weighted by atomic mass is 10.2. The minimum absolute atomic E-state index is 0.0643. The number of hydrogen-bond donors (Lipinski definition) is 0. The summed E-state index contributed by atoms with van der Waals surface area (Å²) in [5.41, 5.74) is 0. The predicted octanol–water partition coefficient (Wildman–Crippen LogP) is 1.44. The van der Waals surface area contributed by atoms with Crippen LogP contribution in [0.15, 0.2) is 29.4 Å². The number of anilines is 2. The number of sulfone groups is 1. The summed E-state index contributed by atoms with van der Waals surface area (Å²) in [6.45, 7) is 5.55. The fourth-order valence-electron chi connectivity index (χ4n) is 2.96. The van der Waals surface area contributed by atoms with Gasteiger partial charge in [-0.2, -0.15) is 0 Å². The van der Waals surface area contributed by atoms with Crippen LogP contribution >= 0.6 is 0 Å². The summed E-state index contributed by atoms with van der Waals surface area (Å²) in [6, 6.07) is 3.10. The molecule has 1 unspecified atom stereocenters. The van der Waals surface area contributed by atoms with E-state index in [9.17, 15) is 12.8 Å². The van der Waals surface area contributed by atoms with Crippen molar-refractivity contribution in [1.29, 1.82) is 0 Å². The van der Waals surface area contributed by atoms with Gasteiger partial charge >= 0.3 is 0 Å². The number of nitrogens with zero attached hydrogens (tertiary/aromatic N) is 5. The Hall–Kier alpha value is -2.29. The molecule has 3 rings (SSSR count). The van der Waals surface area contributed by atoms with Crippen LogP contribution in [0.1, 0.15) is 12.7 Å². The Bertz CT molecular complexity index is 873. The molecule has 0 amide bonds. The smallest absolute Gasteiger partial charge is 0.180 e. The lowest BCUT2D eigenvalue weighted by Crippen LogP contribution is -2.53. The van der Waals surface area contributed by atoms with Gasteiger partial charge in [-0.05, 0) is 26.0 Å². The van der Waals surface area contributed by atoms with Gasteiger partial charge in [0.15, 0.2) is 15.7 Å². The molecule has 1 aliphatic heterocycles. The van der Waals surface area contributed by atoms with Crippen molar-refractivity contribution in [3.63, 3.8) is 0 Å². The molecule has 7 nitrogen and oxygen atoms in total. The first-order chi connectivity index (χ1) is 11.8. The van der Waals surface area contributed by atoms with Crippen LogP contribution in [0.3, 0.4) is 0 Å². The maximum Gasteiger partial charge on any atom is 0.180 e. The van der Waals surface area contributed by atoms with Crippen molar-refractivity contribution in [2.24, 2.45) is 0 Å². The Morgan fingerprint density at radius 3 is 2.56 bits per heavy atom. The highest BCUT2D eigenvalue weighted by Gasteiger charge is 2.29. The first-order valence-electron chi connectivity index (χ1n) is 7.92. The lowest BCUT2D eigenvalue weighted by molar-refractivity contribution is 0.536. The molecule has 0 saturated carbocycles. The largest absolute Gasteiger partial charge is 0.352 e. The molecule has 0 spiro atoms. The molecule has 1 atom stereocenters. The molecule has 0 N–H and O–H groups in total. The number of aromatic nitrogens is 3. The van der Waals surface area contributed by atoms with Crippen molar-refractivity contribution in [3.05, 3.63) is 36.2 Å². The van der Waals surface area contributed by atoms with E-state index in [0.717, 1.165) is 6.26 Å². The summed E-state index contributed by atoms with van der Waals surface area (Å²) in [4.78, 5) is 16.7. The molecule has 25 heavy (non-hydrogen) atoms. The number of aryl methyl sites for hydroxylation is 1. The summed E-state index contributed by atoms with van der Waals surface area (Å²) >= 11 is 0. The van der Waals surface area contributed by atoms with Crippen LogP contribution in [0.4, 0.5) is 16.0 Å². The highest BCUT2D eigenvalue weighted by atomic mass is 32.2. The topological polar surface area (TPSA) is 79.3 Å². The number of hydrogen-bond acceptors (Lipinski definition) is 7. The van der Waals surface area contributed by atoms with Crippen LogP contribution in [0.2, 0.25) is 0 Å². The number of pyridine rings is 1. The van der Waals surface area contributed by atoms with Gasteiger partial charge in [0.05, 0.1) is 12.4 Å². The van der Waals surface area contributed by atoms with E-state index in [-0.39, 0.29) is 16.8 Å². The van der Waals surface area contributed by atoms with Crippen molar-refractivity contribution >= 4 is 21.5 Å². The number of rotatable bonds is 3. The highest BCUT2D eigenvalue weighted by Crippen LogP contribution is 2.26. The van der Waals surface area contributed by atoms with E-state index in [1.54, 1.807) is 13.0 Å². The van der Waals surface area contributed by atoms with E-state index in [1.165, 1.54) is 18.5 Å². The maximum atomic E-state index is 13.1. The van der Waals surface area contributed by atoms with Crippen LogP contribution in [-0.4, -0.2) is 55.3 Å². The second-order valence-electron chi connectivity index (χ2n) is 6.20. The zero-order valence-corrected chi connectivity index (χ0v) is 15.2. The maximum absolute atomic E-state index is 13.1. The van der Waals surface area contributed by atoms with Gasteiger partial charge in [0, 0.05) is 31.9 Å². The van der Waals surface area contributed by atoms with Gasteiger partial charge in [0.25, 0.3) is 0 Å². The fourth-order valence-corrected chi connectivity index (χ4v) is 3.71. The molecule has 0 radical (unpaired) electrons. The monoisotopic (exact) mass is 365 g/mol. The molecule has 134 valence electrons. The van der Waals surface area contributed by atoms with Crippen molar-refractivity contribution < 1.29 is 12.8 Å². The van der Waals surface area contributed by atoms with Crippen LogP contribution in [0, 0.1) is 12.7 Å². The van der Waals surface area contributed by atoms with E-state index in [4.69, 9.17) is 0 Å². The minimum Gasteiger partial charge on any atom is -0.352 e. The van der Waals surface area contributed by atoms with E-state index < -0.39 is 9.84 Å². The highest BCUT2D eigenvalue weighted by molar-refractivity contribution is 7.90. The molecular weight excluding hydrogens is 345 g/mol. The molecule has 1 saturated heterocycles. The van der Waals surface area contributed by atoms with Gasteiger partial charge < -0.3 is 9.80 Å². The second kappa shape index (κ2) is 6.55. The summed E-state index contributed by atoms with van der Waals surface area (Å²) in [6.07, 6.45) is 3.72. The SMILES string of the molecule is Cc1ncc(S(C)(=O)=O)c(N2CCN(c3ccc(F)cn3)C(C)C2)n1. The Morgan fingerprint density at radius 2 is 1.96 bits per heavy atom. The molecule has 1 aliphatic rings. The van der Waals surface area contributed by atoms with E-state index in [1.807, 2.05) is 11.8 Å². The number of piperazine rings is 1. The Kier molecular flexibility index (Phi) is 4.59. The van der Waals surface area contributed by atoms with Gasteiger partial charge in [-0.25, -0.2) is 27.8 Å². The molecule has 2 aromatic heterocycles. The van der Waals surface area contributed by atoms with Crippen LogP contribution in [0.25, 0.3) is 0 Å². The summed E-state index contributed by atoms with van der Waals surface area (Å²) in [7, 11) is -3.42. The summed E-state index contributed by atoms with van der Waals surface area (Å²) in [5, 5.41) is 0. The van der Waals surface area contributed by atoms with Gasteiger partial charge in [0.1, 0.15) is 22.4 Å². The average molecular weight is 365 g/mol. The number of halogens is 1. The molecule has 3 heterocycles. The Labute approximate surface area is 146 Å². The van der Waals surface area contributed by atoms with E-state index in [0.29, 0.717) is 37.1 Å². The first kappa shape index (κ1) is 17.5. The van der Waals surface area contributed by atoms with Crippen LogP contribution in [-0.2, 0) is 9.84 Å². The van der Waals surface area contributed by atoms with Crippen molar-refractivity contribution in [1.82, 2.24) is 15.0 Å². The van der Waals surface area contributed by atoms with Crippen molar-refractivity contribution in [2.75, 3.05) is 35.7 Å². The van der Waals surface area contributed by atoms with Crippen LogP contribution in [0.5, 0.6) is 0 Å². The zero-order chi connectivity index (χ0) is 18.2. The van der Waals surface area contributed by atoms with Crippen molar-refractivity contribution in [2.45, 2.75) is 24.8 Å². The van der Waals surface area contributed by atoms with E-state index >= 15 is 0 Å². The molecule has 1 fully saturated rings. The van der Waals surface area contributed by atoms with Crippen LogP contribution < -0.4 is 9.80 Å². The Balaban J connectivity index is 1.86. The Morgan fingerprint density at radius 1 is 1.20 bits per heavy atom. The standard InChI is InChI=1S/C16H20FN5O2S/c1-11-10-21(6-7-22(11)15-5-4-13(17)8-19-15)16-14(25(3,23)24)9-18-12(2)20-16/h4-5,8-9,11H,6-7,10H2,1-3H3. The third-order valence-corrected chi connectivity index (χ3v) is 5.28. The molecule has 0 bridgehead atoms. The average Bonchev–Trinajstić information content (AvgIpc) is 2.54. The molecular formula is C16H20FN5O2S. The van der Waals surface area contributed by atoms with Gasteiger partial charge in [-0.3, -0.25) is 0 Å². The normalized spacial score (nSPS) is 18.5.